The Morgan fingerprint density at radius 3 is 2.40 bits per heavy atom. The summed E-state index contributed by atoms with van der Waals surface area (Å²) in [5, 5.41) is 24.7. The van der Waals surface area contributed by atoms with Crippen LogP contribution >= 0.6 is 0 Å². The van der Waals surface area contributed by atoms with Crippen LogP contribution < -0.4 is 0 Å². The van der Waals surface area contributed by atoms with Gasteiger partial charge < -0.3 is 19.7 Å². The van der Waals surface area contributed by atoms with Crippen molar-refractivity contribution in [2.24, 2.45) is 0 Å². The van der Waals surface area contributed by atoms with Gasteiger partial charge in [-0.3, -0.25) is 0 Å². The van der Waals surface area contributed by atoms with Crippen LogP contribution in [0.15, 0.2) is 0 Å². The second kappa shape index (κ2) is 4.39. The predicted octanol–water partition coefficient (Wildman–Crippen LogP) is -1.64. The average molecular weight is 164 g/mol. The van der Waals surface area contributed by atoms with Crippen LogP contribution in [0.25, 0.3) is 0 Å². The third-order valence-electron chi connectivity index (χ3n) is 0.698. The molecule has 0 aromatic carbocycles. The average Bonchev–Trinajstić information content (AvgIpc) is 1.82. The number of carbonyl (C=O) groups is 1. The molecule has 5 nitrogen and oxygen atoms in total. The summed E-state index contributed by atoms with van der Waals surface area (Å²) in [5.74, 6) is -2.70. The molecule has 1 atom stereocenters. The van der Waals surface area contributed by atoms with Crippen molar-refractivity contribution in [1.82, 2.24) is 0 Å². The summed E-state index contributed by atoms with van der Waals surface area (Å²) in [6.45, 7) is 1.32. The van der Waals surface area contributed by atoms with Crippen molar-refractivity contribution in [2.75, 3.05) is 0 Å². The lowest BCUT2D eigenvalue weighted by atomic mass is 10.4. The molecule has 0 amide bonds. The van der Waals surface area contributed by atoms with Gasteiger partial charge in [0.15, 0.2) is 5.91 Å². The molecule has 58 valence electrons. The van der Waals surface area contributed by atoms with Crippen LogP contribution in [0.4, 0.5) is 0 Å². The van der Waals surface area contributed by atoms with E-state index in [9.17, 15) is 4.79 Å². The summed E-state index contributed by atoms with van der Waals surface area (Å²) in [7, 11) is -0.608. The fourth-order valence-corrected chi connectivity index (χ4v) is 0.640. The highest BCUT2D eigenvalue weighted by Crippen LogP contribution is 1.88. The summed E-state index contributed by atoms with van der Waals surface area (Å²) in [6.07, 6.45) is -0.986. The normalized spacial score (nSPS) is 13.6. The molecule has 0 bridgehead atoms. The molecule has 0 fully saturated rings. The van der Waals surface area contributed by atoms with Gasteiger partial charge in [0.05, 0.1) is 0 Å². The van der Waals surface area contributed by atoms with E-state index in [1.165, 1.54) is 6.92 Å². The zero-order chi connectivity index (χ0) is 8.15. The van der Waals surface area contributed by atoms with Crippen LogP contribution in [0.5, 0.6) is 0 Å². The molecule has 2 radical (unpaired) electrons. The van der Waals surface area contributed by atoms with E-state index in [2.05, 4.69) is 4.43 Å². The molecule has 6 heteroatoms. The second-order valence-electron chi connectivity index (χ2n) is 1.59. The number of hydrogen-bond acceptors (Lipinski definition) is 4. The summed E-state index contributed by atoms with van der Waals surface area (Å²) in [6, 6.07) is 0. The highest BCUT2D eigenvalue weighted by atomic mass is 28.2. The lowest BCUT2D eigenvalue weighted by Crippen LogP contribution is -2.27. The largest absolute Gasteiger partial charge is 0.479 e. The molecular weight excluding hydrogens is 156 g/mol. The van der Waals surface area contributed by atoms with E-state index in [1.807, 2.05) is 0 Å². The van der Waals surface area contributed by atoms with Crippen molar-refractivity contribution in [3.8, 4) is 0 Å². The van der Waals surface area contributed by atoms with Gasteiger partial charge >= 0.3 is 5.97 Å². The minimum atomic E-state index is -1.58. The van der Waals surface area contributed by atoms with Crippen molar-refractivity contribution in [3.63, 3.8) is 0 Å². The van der Waals surface area contributed by atoms with Gasteiger partial charge in [0.1, 0.15) is 6.10 Å². The Morgan fingerprint density at radius 2 is 2.10 bits per heavy atom. The minimum absolute atomic E-state index is 0.608. The lowest BCUT2D eigenvalue weighted by Gasteiger charge is -2.06. The standard InChI is InChI=1S/C4H8O5Si/c1-2(3(5)6)9-10-4(7)8/h2,4,7-8H,1H3,(H,5,6). The molecular formula is C4H8O5Si. The minimum Gasteiger partial charge on any atom is -0.479 e. The van der Waals surface area contributed by atoms with Crippen molar-refractivity contribution in [3.05, 3.63) is 0 Å². The van der Waals surface area contributed by atoms with Gasteiger partial charge in [-0.25, -0.2) is 4.79 Å². The van der Waals surface area contributed by atoms with Gasteiger partial charge in [0.25, 0.3) is 9.76 Å². The first kappa shape index (κ1) is 9.57. The topological polar surface area (TPSA) is 87.0 Å². The number of rotatable bonds is 4. The predicted molar refractivity (Wildman–Crippen MR) is 32.2 cm³/mol. The van der Waals surface area contributed by atoms with Crippen molar-refractivity contribution >= 4 is 15.7 Å². The van der Waals surface area contributed by atoms with Crippen LogP contribution in [-0.2, 0) is 9.22 Å². The Kier molecular flexibility index (Phi) is 4.20. The van der Waals surface area contributed by atoms with E-state index in [0.29, 0.717) is 0 Å². The molecule has 0 rings (SSSR count). The van der Waals surface area contributed by atoms with Gasteiger partial charge in [0, 0.05) is 0 Å². The van der Waals surface area contributed by atoms with E-state index in [0.717, 1.165) is 0 Å². The molecule has 0 spiro atoms. The molecule has 1 unspecified atom stereocenters. The Morgan fingerprint density at radius 1 is 1.60 bits per heavy atom. The van der Waals surface area contributed by atoms with Crippen LogP contribution in [-0.4, -0.2) is 43.1 Å². The summed E-state index contributed by atoms with van der Waals surface area (Å²) in [4.78, 5) is 10.0. The highest BCUT2D eigenvalue weighted by molar-refractivity contribution is 6.28. The molecule has 0 saturated heterocycles. The first-order chi connectivity index (χ1) is 4.54. The zero-order valence-corrected chi connectivity index (χ0v) is 6.31. The van der Waals surface area contributed by atoms with E-state index in [-0.39, 0.29) is 0 Å². The fourth-order valence-electron chi connectivity index (χ4n) is 0.213. The lowest BCUT2D eigenvalue weighted by molar-refractivity contribution is -0.144. The van der Waals surface area contributed by atoms with Crippen molar-refractivity contribution in [1.29, 1.82) is 0 Å². The van der Waals surface area contributed by atoms with E-state index in [4.69, 9.17) is 15.3 Å². The van der Waals surface area contributed by atoms with Crippen molar-refractivity contribution in [2.45, 2.75) is 18.9 Å². The number of aliphatic hydroxyl groups is 2. The smallest absolute Gasteiger partial charge is 0.331 e. The Labute approximate surface area is 60.2 Å². The highest BCUT2D eigenvalue weighted by Gasteiger charge is 2.13. The molecule has 0 aromatic rings. The molecule has 0 aromatic heterocycles. The maximum atomic E-state index is 10.0. The summed E-state index contributed by atoms with van der Waals surface area (Å²) in [5.41, 5.74) is 0. The van der Waals surface area contributed by atoms with Crippen LogP contribution in [0.2, 0.25) is 0 Å². The summed E-state index contributed by atoms with van der Waals surface area (Å²) < 4.78 is 4.49. The molecule has 0 aliphatic rings. The van der Waals surface area contributed by atoms with E-state index >= 15 is 0 Å². The molecule has 0 aliphatic heterocycles. The van der Waals surface area contributed by atoms with E-state index in [1.54, 1.807) is 0 Å². The summed E-state index contributed by atoms with van der Waals surface area (Å²) >= 11 is 0. The van der Waals surface area contributed by atoms with Gasteiger partial charge in [-0.2, -0.15) is 0 Å². The third-order valence-corrected chi connectivity index (χ3v) is 1.40. The number of carboxylic acids is 1. The maximum Gasteiger partial charge on any atom is 0.331 e. The Hall–Kier alpha value is -0.433. The van der Waals surface area contributed by atoms with Crippen LogP contribution in [0.1, 0.15) is 6.92 Å². The maximum absolute atomic E-state index is 10.0. The van der Waals surface area contributed by atoms with Gasteiger partial charge in [-0.05, 0) is 6.92 Å². The first-order valence-electron chi connectivity index (χ1n) is 2.54. The molecule has 0 saturated carbocycles. The van der Waals surface area contributed by atoms with Crippen LogP contribution in [0, 0.1) is 0 Å². The fraction of sp³-hybridized carbons (Fsp3) is 0.750. The molecule has 10 heavy (non-hydrogen) atoms. The zero-order valence-electron chi connectivity index (χ0n) is 5.31. The Balaban J connectivity index is 3.40. The molecule has 3 N–H and O–H groups in total. The molecule has 0 heterocycles. The number of aliphatic hydroxyl groups excluding tert-OH is 1. The molecule has 0 aliphatic carbocycles. The number of carboxylic acid groups (broad SMARTS) is 1. The van der Waals surface area contributed by atoms with Gasteiger partial charge in [-0.1, -0.05) is 0 Å². The quantitative estimate of drug-likeness (QED) is 0.343. The van der Waals surface area contributed by atoms with Gasteiger partial charge in [-0.15, -0.1) is 0 Å². The SMILES string of the molecule is CC(O[Si]C(O)O)C(=O)O. The van der Waals surface area contributed by atoms with Crippen LogP contribution in [0.3, 0.4) is 0 Å². The van der Waals surface area contributed by atoms with Gasteiger partial charge in [0.2, 0.25) is 0 Å². The third kappa shape index (κ3) is 4.45. The Bertz CT molecular complexity index is 114. The van der Waals surface area contributed by atoms with E-state index < -0.39 is 27.7 Å². The van der Waals surface area contributed by atoms with Crippen molar-refractivity contribution < 1.29 is 24.5 Å². The number of aliphatic carboxylic acids is 1. The number of hydrogen-bond donors (Lipinski definition) is 3. The second-order valence-corrected chi connectivity index (χ2v) is 2.58. The monoisotopic (exact) mass is 164 g/mol. The first-order valence-corrected chi connectivity index (χ1v) is 3.52.